The summed E-state index contributed by atoms with van der Waals surface area (Å²) < 4.78 is 0. The molecule has 1 aromatic carbocycles. The highest BCUT2D eigenvalue weighted by Gasteiger charge is 2.06. The molecule has 0 radical (unpaired) electrons. The number of rotatable bonds is 5. The Morgan fingerprint density at radius 3 is 2.47 bits per heavy atom. The zero-order valence-electron chi connectivity index (χ0n) is 9.12. The van der Waals surface area contributed by atoms with Gasteiger partial charge >= 0.3 is 0 Å². The van der Waals surface area contributed by atoms with Crippen molar-refractivity contribution < 1.29 is 9.69 Å². The van der Waals surface area contributed by atoms with E-state index in [0.29, 0.717) is 6.54 Å². The van der Waals surface area contributed by atoms with Gasteiger partial charge in [0.1, 0.15) is 6.54 Å². The van der Waals surface area contributed by atoms with Crippen molar-refractivity contribution in [3.8, 4) is 0 Å². The molecule has 3 nitrogen and oxygen atoms in total. The molecule has 82 valence electrons. The Labute approximate surface area is 94.6 Å². The molecule has 15 heavy (non-hydrogen) atoms. The third kappa shape index (κ3) is 4.36. The monoisotopic (exact) mass is 225 g/mol. The van der Waals surface area contributed by atoms with Gasteiger partial charge in [0.2, 0.25) is 0 Å². The van der Waals surface area contributed by atoms with Crippen molar-refractivity contribution in [2.75, 3.05) is 19.8 Å². The molecule has 1 rings (SSSR count). The molecular formula is C11H17N2OS+. The molecule has 0 aliphatic carbocycles. The lowest BCUT2D eigenvalue weighted by molar-refractivity contribution is -0.885. The molecule has 0 fully saturated rings. The second kappa shape index (κ2) is 5.78. The lowest BCUT2D eigenvalue weighted by atomic mass is 10.2. The number of thioether (sulfide) groups is 1. The zero-order chi connectivity index (χ0) is 11.3. The van der Waals surface area contributed by atoms with Crippen molar-refractivity contribution in [2.24, 2.45) is 5.73 Å². The number of carbonyl (C=O) groups excluding carboxylic acids is 1. The van der Waals surface area contributed by atoms with Crippen LogP contribution in [-0.2, 0) is 11.3 Å². The predicted molar refractivity (Wildman–Crippen MR) is 62.9 cm³/mol. The maximum absolute atomic E-state index is 10.7. The summed E-state index contributed by atoms with van der Waals surface area (Å²) in [6.07, 6.45) is 2.06. The fourth-order valence-electron chi connectivity index (χ4n) is 1.45. The van der Waals surface area contributed by atoms with Gasteiger partial charge in [-0.15, -0.1) is 11.8 Å². The van der Waals surface area contributed by atoms with Gasteiger partial charge in [-0.3, -0.25) is 4.79 Å². The van der Waals surface area contributed by atoms with Gasteiger partial charge in [0, 0.05) is 10.5 Å². The number of quaternary nitrogens is 1. The second-order valence-electron chi connectivity index (χ2n) is 3.63. The summed E-state index contributed by atoms with van der Waals surface area (Å²) in [5.41, 5.74) is 6.36. The first kappa shape index (κ1) is 12.1. The van der Waals surface area contributed by atoms with Crippen LogP contribution in [0.5, 0.6) is 0 Å². The third-order valence-electron chi connectivity index (χ3n) is 2.14. The van der Waals surface area contributed by atoms with Crippen LogP contribution in [0.2, 0.25) is 0 Å². The van der Waals surface area contributed by atoms with E-state index in [1.807, 2.05) is 7.05 Å². The van der Waals surface area contributed by atoms with E-state index in [9.17, 15) is 4.79 Å². The predicted octanol–water partition coefficient (Wildman–Crippen LogP) is -0.0915. The Kier molecular flexibility index (Phi) is 4.65. The van der Waals surface area contributed by atoms with Crippen LogP contribution in [0.25, 0.3) is 0 Å². The van der Waals surface area contributed by atoms with Gasteiger partial charge in [-0.1, -0.05) is 12.1 Å². The van der Waals surface area contributed by atoms with E-state index < -0.39 is 0 Å². The van der Waals surface area contributed by atoms with Crippen LogP contribution in [0.4, 0.5) is 0 Å². The van der Waals surface area contributed by atoms with Gasteiger partial charge in [-0.25, -0.2) is 0 Å². The Morgan fingerprint density at radius 1 is 1.40 bits per heavy atom. The summed E-state index contributed by atoms with van der Waals surface area (Å²) in [6, 6.07) is 8.38. The number of likely N-dealkylation sites (N-methyl/N-ethyl adjacent to an activating group) is 1. The minimum absolute atomic E-state index is 0.256. The molecule has 0 aromatic heterocycles. The SMILES string of the molecule is CSc1ccc(C[NH+](C)CC(N)=O)cc1. The van der Waals surface area contributed by atoms with Crippen molar-refractivity contribution in [3.63, 3.8) is 0 Å². The van der Waals surface area contributed by atoms with Gasteiger partial charge in [-0.2, -0.15) is 0 Å². The van der Waals surface area contributed by atoms with Crippen LogP contribution < -0.4 is 10.6 Å². The van der Waals surface area contributed by atoms with Crippen LogP contribution in [0, 0.1) is 0 Å². The largest absolute Gasteiger partial charge is 0.365 e. The lowest BCUT2D eigenvalue weighted by Gasteiger charge is -2.11. The van der Waals surface area contributed by atoms with E-state index >= 15 is 0 Å². The number of nitrogens with two attached hydrogens (primary N) is 1. The molecule has 1 unspecified atom stereocenters. The molecule has 0 aliphatic heterocycles. The lowest BCUT2D eigenvalue weighted by Crippen LogP contribution is -3.08. The Balaban J connectivity index is 2.53. The number of amides is 1. The summed E-state index contributed by atoms with van der Waals surface area (Å²) in [7, 11) is 1.97. The molecule has 1 atom stereocenters. The topological polar surface area (TPSA) is 47.5 Å². The smallest absolute Gasteiger partial charge is 0.272 e. The minimum atomic E-state index is -0.256. The fraction of sp³-hybridized carbons (Fsp3) is 0.364. The second-order valence-corrected chi connectivity index (χ2v) is 4.50. The first-order chi connectivity index (χ1) is 7.11. The molecule has 0 heterocycles. The van der Waals surface area contributed by atoms with E-state index in [-0.39, 0.29) is 5.91 Å². The van der Waals surface area contributed by atoms with E-state index in [4.69, 9.17) is 5.73 Å². The third-order valence-corrected chi connectivity index (χ3v) is 2.88. The molecular weight excluding hydrogens is 208 g/mol. The summed E-state index contributed by atoms with van der Waals surface area (Å²) in [5.74, 6) is -0.256. The van der Waals surface area contributed by atoms with Gasteiger partial charge in [0.05, 0.1) is 7.05 Å². The number of hydrogen-bond donors (Lipinski definition) is 2. The normalized spacial score (nSPS) is 12.4. The first-order valence-electron chi connectivity index (χ1n) is 4.84. The maximum atomic E-state index is 10.7. The number of benzene rings is 1. The van der Waals surface area contributed by atoms with Gasteiger partial charge < -0.3 is 10.6 Å². The molecule has 3 N–H and O–H groups in total. The highest BCUT2D eigenvalue weighted by Crippen LogP contribution is 2.14. The number of hydrogen-bond acceptors (Lipinski definition) is 2. The molecule has 0 spiro atoms. The van der Waals surface area contributed by atoms with Crippen LogP contribution in [0.3, 0.4) is 0 Å². The molecule has 1 amide bonds. The highest BCUT2D eigenvalue weighted by atomic mass is 32.2. The van der Waals surface area contributed by atoms with Gasteiger partial charge in [0.25, 0.3) is 5.91 Å². The van der Waals surface area contributed by atoms with E-state index in [1.54, 1.807) is 11.8 Å². The molecule has 0 aliphatic rings. The van der Waals surface area contributed by atoms with E-state index in [1.165, 1.54) is 10.5 Å². The Morgan fingerprint density at radius 2 is 2.00 bits per heavy atom. The van der Waals surface area contributed by atoms with Crippen molar-refractivity contribution >= 4 is 17.7 Å². The molecule has 0 saturated heterocycles. The first-order valence-corrected chi connectivity index (χ1v) is 6.07. The number of carbonyl (C=O) groups is 1. The summed E-state index contributed by atoms with van der Waals surface area (Å²) in [5, 5.41) is 0. The Hall–Kier alpha value is -1.00. The van der Waals surface area contributed by atoms with Crippen LogP contribution in [-0.4, -0.2) is 25.8 Å². The van der Waals surface area contributed by atoms with Crippen molar-refractivity contribution in [3.05, 3.63) is 29.8 Å². The van der Waals surface area contributed by atoms with E-state index in [0.717, 1.165) is 11.4 Å². The average molecular weight is 225 g/mol. The zero-order valence-corrected chi connectivity index (χ0v) is 9.93. The number of nitrogens with one attached hydrogen (secondary N) is 1. The minimum Gasteiger partial charge on any atom is -0.365 e. The summed E-state index contributed by atoms with van der Waals surface area (Å²) >= 11 is 1.73. The molecule has 0 saturated carbocycles. The maximum Gasteiger partial charge on any atom is 0.272 e. The summed E-state index contributed by atoms with van der Waals surface area (Å²) in [6.45, 7) is 1.21. The van der Waals surface area contributed by atoms with Gasteiger partial charge in [-0.05, 0) is 18.4 Å². The average Bonchev–Trinajstić information content (AvgIpc) is 2.17. The highest BCUT2D eigenvalue weighted by molar-refractivity contribution is 7.98. The molecule has 0 bridgehead atoms. The molecule has 1 aromatic rings. The Bertz CT molecular complexity index is 324. The quantitative estimate of drug-likeness (QED) is 0.688. The van der Waals surface area contributed by atoms with Crippen LogP contribution in [0.1, 0.15) is 5.56 Å². The van der Waals surface area contributed by atoms with Crippen molar-refractivity contribution in [1.29, 1.82) is 0 Å². The van der Waals surface area contributed by atoms with Crippen molar-refractivity contribution in [2.45, 2.75) is 11.4 Å². The van der Waals surface area contributed by atoms with Crippen LogP contribution in [0.15, 0.2) is 29.2 Å². The summed E-state index contributed by atoms with van der Waals surface area (Å²) in [4.78, 5) is 13.1. The standard InChI is InChI=1S/C11H16N2OS/c1-13(8-11(12)14)7-9-3-5-10(15-2)6-4-9/h3-6H,7-8H2,1-2H3,(H2,12,14)/p+1. The van der Waals surface area contributed by atoms with Gasteiger partial charge in [0.15, 0.2) is 6.54 Å². The van der Waals surface area contributed by atoms with Crippen molar-refractivity contribution in [1.82, 2.24) is 0 Å². The fourth-order valence-corrected chi connectivity index (χ4v) is 1.86. The van der Waals surface area contributed by atoms with Crippen LogP contribution >= 0.6 is 11.8 Å². The molecule has 4 heteroatoms. The van der Waals surface area contributed by atoms with E-state index in [2.05, 4.69) is 30.5 Å². The number of primary amides is 1.